The maximum absolute atomic E-state index is 16.5. The lowest BCUT2D eigenvalue weighted by Crippen LogP contribution is -2.73. The molecule has 238 valence electrons. The van der Waals surface area contributed by atoms with Crippen molar-refractivity contribution in [1.29, 1.82) is 0 Å². The molecule has 0 bridgehead atoms. The van der Waals surface area contributed by atoms with Gasteiger partial charge in [0.25, 0.3) is 5.91 Å². The molecule has 1 amide bonds. The van der Waals surface area contributed by atoms with Crippen LogP contribution in [0.15, 0.2) is 30.4 Å². The van der Waals surface area contributed by atoms with Gasteiger partial charge < -0.3 is 19.9 Å². The average molecular weight is 607 g/mol. The Labute approximate surface area is 260 Å². The summed E-state index contributed by atoms with van der Waals surface area (Å²) in [5.41, 5.74) is 1.17. The number of hydrogen-bond acceptors (Lipinski definition) is 8. The van der Waals surface area contributed by atoms with Gasteiger partial charge in [-0.05, 0) is 70.0 Å². The Hall–Kier alpha value is -2.43. The molecule has 3 saturated carbocycles. The van der Waals surface area contributed by atoms with Crippen molar-refractivity contribution in [3.63, 3.8) is 0 Å². The van der Waals surface area contributed by atoms with Crippen LogP contribution in [-0.2, 0) is 14.3 Å². The van der Waals surface area contributed by atoms with Gasteiger partial charge in [0.15, 0.2) is 5.78 Å². The first kappa shape index (κ1) is 29.0. The smallest absolute Gasteiger partial charge is 0.256 e. The molecule has 10 heteroatoms. The highest BCUT2D eigenvalue weighted by Crippen LogP contribution is 2.51. The van der Waals surface area contributed by atoms with E-state index in [0.717, 1.165) is 51.1 Å². The maximum Gasteiger partial charge on any atom is 0.256 e. The molecule has 3 aliphatic carbocycles. The van der Waals surface area contributed by atoms with Crippen LogP contribution < -0.4 is 5.32 Å². The Morgan fingerprint density at radius 3 is 2.61 bits per heavy atom. The molecule has 1 aromatic rings. The maximum atomic E-state index is 16.5. The van der Waals surface area contributed by atoms with Gasteiger partial charge in [-0.3, -0.25) is 24.5 Å². The topological polar surface area (TPSA) is 90.9 Å². The average Bonchev–Trinajstić information content (AvgIpc) is 3.75. The molecular formula is C34H47FN6O3. The van der Waals surface area contributed by atoms with E-state index < -0.39 is 24.2 Å². The molecule has 6 fully saturated rings. The van der Waals surface area contributed by atoms with Gasteiger partial charge in [-0.1, -0.05) is 25.7 Å². The Kier molecular flexibility index (Phi) is 7.95. The van der Waals surface area contributed by atoms with Gasteiger partial charge in [0.05, 0.1) is 41.6 Å². The van der Waals surface area contributed by atoms with Crippen LogP contribution in [-0.4, -0.2) is 112 Å². The van der Waals surface area contributed by atoms with Crippen LogP contribution in [0.4, 0.5) is 4.39 Å². The molecule has 0 radical (unpaired) electrons. The quantitative estimate of drug-likeness (QED) is 0.495. The summed E-state index contributed by atoms with van der Waals surface area (Å²) in [6, 6.07) is -0.526. The van der Waals surface area contributed by atoms with Crippen molar-refractivity contribution in [2.45, 2.75) is 107 Å². The molecule has 1 N–H and O–H groups in total. The zero-order chi connectivity index (χ0) is 29.8. The second kappa shape index (κ2) is 12.1. The summed E-state index contributed by atoms with van der Waals surface area (Å²) < 4.78 is 23.6. The van der Waals surface area contributed by atoms with Crippen molar-refractivity contribution in [2.24, 2.45) is 17.8 Å². The lowest BCUT2D eigenvalue weighted by molar-refractivity contribution is -0.219. The van der Waals surface area contributed by atoms with Gasteiger partial charge in [0, 0.05) is 56.3 Å². The fourth-order valence-electron chi connectivity index (χ4n) is 10.1. The van der Waals surface area contributed by atoms with Gasteiger partial charge in [-0.25, -0.2) is 4.39 Å². The van der Waals surface area contributed by atoms with E-state index in [4.69, 9.17) is 4.74 Å². The standard InChI is InChI=1S/C34H47FN6O3/c35-26-17-24-30-33(31(26)40-13-7-23(19-40)27-18-36-8-9-37-27)44-29-16-22-6-2-1-5-21(22)15-28(29)41(30)20-25(32(24)42)34(43)38-10-14-39-11-3-4-12-39/h8-9,18,20-24,26,28-31,33H,1-7,10-17,19H2,(H,38,43). The summed E-state index contributed by atoms with van der Waals surface area (Å²) in [7, 11) is 0. The van der Waals surface area contributed by atoms with E-state index in [0.29, 0.717) is 24.9 Å². The van der Waals surface area contributed by atoms with Crippen molar-refractivity contribution in [3.05, 3.63) is 36.1 Å². The van der Waals surface area contributed by atoms with Gasteiger partial charge in [-0.2, -0.15) is 0 Å². The van der Waals surface area contributed by atoms with Crippen LogP contribution in [0.1, 0.15) is 75.8 Å². The minimum atomic E-state index is -1.20. The number of morpholine rings is 1. The predicted molar refractivity (Wildman–Crippen MR) is 162 cm³/mol. The normalized spacial score (nSPS) is 40.6. The van der Waals surface area contributed by atoms with Crippen molar-refractivity contribution in [2.75, 3.05) is 39.3 Å². The number of fused-ring (bicyclic) bond motifs is 3. The minimum Gasteiger partial charge on any atom is -0.369 e. The number of Topliss-reactive ketones (excluding diaryl/α,β-unsaturated/α-hetero) is 1. The second-order valence-corrected chi connectivity index (χ2v) is 14.6. The van der Waals surface area contributed by atoms with Crippen LogP contribution in [0, 0.1) is 17.8 Å². The molecule has 0 spiro atoms. The highest BCUT2D eigenvalue weighted by molar-refractivity contribution is 6.20. The molecule has 3 saturated heterocycles. The number of aromatic nitrogens is 2. The van der Waals surface area contributed by atoms with Crippen LogP contribution in [0.25, 0.3) is 0 Å². The van der Waals surface area contributed by atoms with E-state index in [-0.39, 0.29) is 47.8 Å². The van der Waals surface area contributed by atoms with Crippen molar-refractivity contribution >= 4 is 11.7 Å². The van der Waals surface area contributed by atoms with Crippen molar-refractivity contribution < 1.29 is 18.7 Å². The summed E-state index contributed by atoms with van der Waals surface area (Å²) in [6.07, 6.45) is 16.0. The van der Waals surface area contributed by atoms with E-state index in [1.807, 2.05) is 12.4 Å². The summed E-state index contributed by atoms with van der Waals surface area (Å²) >= 11 is 0. The molecule has 4 aliphatic heterocycles. The second-order valence-electron chi connectivity index (χ2n) is 14.6. The van der Waals surface area contributed by atoms with E-state index in [2.05, 4.69) is 30.0 Å². The zero-order valence-electron chi connectivity index (χ0n) is 25.7. The fourth-order valence-corrected chi connectivity index (χ4v) is 10.1. The minimum absolute atomic E-state index is 0.00799. The largest absolute Gasteiger partial charge is 0.369 e. The van der Waals surface area contributed by atoms with Crippen molar-refractivity contribution in [1.82, 2.24) is 30.0 Å². The number of ether oxygens (including phenoxy) is 1. The Morgan fingerprint density at radius 1 is 1.00 bits per heavy atom. The monoisotopic (exact) mass is 606 g/mol. The molecule has 10 unspecified atom stereocenters. The molecule has 10 atom stereocenters. The summed E-state index contributed by atoms with van der Waals surface area (Å²) in [4.78, 5) is 43.4. The van der Waals surface area contributed by atoms with Gasteiger partial charge >= 0.3 is 0 Å². The number of carbonyl (C=O) groups is 2. The highest BCUT2D eigenvalue weighted by atomic mass is 19.1. The summed E-state index contributed by atoms with van der Waals surface area (Å²) in [5, 5.41) is 3.04. The van der Waals surface area contributed by atoms with E-state index in [1.54, 1.807) is 12.4 Å². The molecule has 9 nitrogen and oxygen atoms in total. The predicted octanol–water partition coefficient (Wildman–Crippen LogP) is 3.08. The number of alkyl halides is 1. The molecule has 44 heavy (non-hydrogen) atoms. The molecular weight excluding hydrogens is 559 g/mol. The van der Waals surface area contributed by atoms with Crippen LogP contribution in [0.2, 0.25) is 0 Å². The third-order valence-corrected chi connectivity index (χ3v) is 12.2. The molecule has 5 heterocycles. The first-order valence-electron chi connectivity index (χ1n) is 17.4. The lowest BCUT2D eigenvalue weighted by atomic mass is 9.64. The number of nitrogens with zero attached hydrogens (tertiary/aromatic N) is 5. The lowest BCUT2D eigenvalue weighted by Gasteiger charge is -2.61. The summed E-state index contributed by atoms with van der Waals surface area (Å²) in [5.74, 6) is 0.441. The fraction of sp³-hybridized carbons (Fsp3) is 0.765. The zero-order valence-corrected chi connectivity index (χ0v) is 25.7. The number of ketones is 1. The Balaban J connectivity index is 1.08. The van der Waals surface area contributed by atoms with Crippen LogP contribution in [0.5, 0.6) is 0 Å². The number of nitrogens with one attached hydrogen (secondary N) is 1. The van der Waals surface area contributed by atoms with Crippen LogP contribution in [0.3, 0.4) is 0 Å². The van der Waals surface area contributed by atoms with E-state index >= 15 is 4.39 Å². The Bertz CT molecular complexity index is 1260. The molecule has 8 rings (SSSR count). The number of hydrogen-bond donors (Lipinski definition) is 1. The van der Waals surface area contributed by atoms with Gasteiger partial charge in [0.1, 0.15) is 6.17 Å². The SMILES string of the molecule is O=C(NCCN1CCCC1)C1=CN2C3CC4CCCCC4CC3OC3C(N4CCC(c5cnccn5)C4)C(F)CC(C1=O)C32. The van der Waals surface area contributed by atoms with Gasteiger partial charge in [0.2, 0.25) is 0 Å². The number of amides is 1. The first-order chi connectivity index (χ1) is 21.5. The highest BCUT2D eigenvalue weighted by Gasteiger charge is 2.61. The molecule has 0 aromatic carbocycles. The van der Waals surface area contributed by atoms with E-state index in [9.17, 15) is 9.59 Å². The molecule has 7 aliphatic rings. The number of likely N-dealkylation sites (tertiary alicyclic amines) is 2. The first-order valence-corrected chi connectivity index (χ1v) is 17.4. The van der Waals surface area contributed by atoms with E-state index in [1.165, 1.54) is 38.5 Å². The number of halogens is 1. The molecule has 1 aromatic heterocycles. The third kappa shape index (κ3) is 5.18. The summed E-state index contributed by atoms with van der Waals surface area (Å²) in [6.45, 7) is 4.95. The van der Waals surface area contributed by atoms with Crippen molar-refractivity contribution in [3.8, 4) is 0 Å². The third-order valence-electron chi connectivity index (χ3n) is 12.2. The number of carbonyl (C=O) groups excluding carboxylic acids is 2. The van der Waals surface area contributed by atoms with Crippen LogP contribution >= 0.6 is 0 Å². The number of rotatable bonds is 6. The van der Waals surface area contributed by atoms with Gasteiger partial charge in [-0.15, -0.1) is 0 Å². The Morgan fingerprint density at radius 2 is 1.82 bits per heavy atom.